The van der Waals surface area contributed by atoms with Gasteiger partial charge in [-0.2, -0.15) is 0 Å². The van der Waals surface area contributed by atoms with Crippen LogP contribution in [0.15, 0.2) is 0 Å². The minimum atomic E-state index is 0.106. The molecular weight excluding hydrogens is 318 g/mol. The Morgan fingerprint density at radius 1 is 1.00 bits per heavy atom. The lowest BCUT2D eigenvalue weighted by atomic mass is 9.83. The summed E-state index contributed by atoms with van der Waals surface area (Å²) in [5.41, 5.74) is 0. The molecule has 1 fully saturated rings. The summed E-state index contributed by atoms with van der Waals surface area (Å²) in [5.74, 6) is 1.27. The van der Waals surface area contributed by atoms with Crippen molar-refractivity contribution in [3.8, 4) is 0 Å². The van der Waals surface area contributed by atoms with Gasteiger partial charge in [0.05, 0.1) is 0 Å². The number of Topliss-reactive ketones (excluding diaryl/α,β-unsaturated/α-hetero) is 1. The summed E-state index contributed by atoms with van der Waals surface area (Å²) in [5, 5.41) is 3.10. The van der Waals surface area contributed by atoms with Gasteiger partial charge in [0.1, 0.15) is 5.78 Å². The highest BCUT2D eigenvalue weighted by Gasteiger charge is 2.25. The van der Waals surface area contributed by atoms with Gasteiger partial charge in [0.15, 0.2) is 0 Å². The number of nitrogens with one attached hydrogen (secondary N) is 1. The second-order valence-electron chi connectivity index (χ2n) is 7.47. The van der Waals surface area contributed by atoms with Crippen LogP contribution in [0.3, 0.4) is 0 Å². The molecule has 1 aliphatic carbocycles. The maximum Gasteiger partial charge on any atom is 0.220 e. The van der Waals surface area contributed by atoms with Gasteiger partial charge < -0.3 is 14.8 Å². The molecular formula is C20H37NO4. The molecule has 0 atom stereocenters. The number of ether oxygens (including phenoxy) is 2. The van der Waals surface area contributed by atoms with E-state index >= 15 is 0 Å². The van der Waals surface area contributed by atoms with Crippen LogP contribution in [-0.2, 0) is 19.1 Å². The summed E-state index contributed by atoms with van der Waals surface area (Å²) in [4.78, 5) is 23.7. The van der Waals surface area contributed by atoms with Gasteiger partial charge in [0, 0.05) is 51.2 Å². The third kappa shape index (κ3) is 10.6. The quantitative estimate of drug-likeness (QED) is 0.514. The zero-order valence-electron chi connectivity index (χ0n) is 16.4. The first-order valence-corrected chi connectivity index (χ1v) is 10.0. The summed E-state index contributed by atoms with van der Waals surface area (Å²) in [7, 11) is 0. The van der Waals surface area contributed by atoms with Crippen molar-refractivity contribution in [1.29, 1.82) is 0 Å². The molecule has 25 heavy (non-hydrogen) atoms. The molecule has 0 aromatic rings. The van der Waals surface area contributed by atoms with Gasteiger partial charge >= 0.3 is 0 Å². The number of hydrogen-bond acceptors (Lipinski definition) is 4. The largest absolute Gasteiger partial charge is 0.381 e. The molecule has 0 aromatic carbocycles. The molecule has 146 valence electrons. The SMILES string of the molecule is CCC(=O)C1CCC(NC(=O)CCCOCCCOCC(C)C)CC1. The highest BCUT2D eigenvalue weighted by Crippen LogP contribution is 2.25. The minimum absolute atomic E-state index is 0.106. The average molecular weight is 356 g/mol. The van der Waals surface area contributed by atoms with Crippen LogP contribution in [-0.4, -0.2) is 44.2 Å². The molecule has 1 amide bonds. The Morgan fingerprint density at radius 2 is 1.64 bits per heavy atom. The minimum Gasteiger partial charge on any atom is -0.381 e. The van der Waals surface area contributed by atoms with Crippen LogP contribution in [0.5, 0.6) is 0 Å². The number of carbonyl (C=O) groups excluding carboxylic acids is 2. The van der Waals surface area contributed by atoms with Gasteiger partial charge in [0.25, 0.3) is 0 Å². The normalized spacial score (nSPS) is 20.6. The predicted molar refractivity (Wildman–Crippen MR) is 99.5 cm³/mol. The molecule has 0 heterocycles. The van der Waals surface area contributed by atoms with Crippen LogP contribution in [0.4, 0.5) is 0 Å². The lowest BCUT2D eigenvalue weighted by molar-refractivity contribution is -0.124. The van der Waals surface area contributed by atoms with Crippen LogP contribution in [0, 0.1) is 11.8 Å². The third-order valence-electron chi connectivity index (χ3n) is 4.62. The number of carbonyl (C=O) groups is 2. The molecule has 0 bridgehead atoms. The maximum absolute atomic E-state index is 12.0. The van der Waals surface area contributed by atoms with Gasteiger partial charge in [-0.15, -0.1) is 0 Å². The number of hydrogen-bond donors (Lipinski definition) is 1. The molecule has 0 saturated heterocycles. The Bertz CT molecular complexity index is 376. The second kappa shape index (κ2) is 13.3. The fraction of sp³-hybridized carbons (Fsp3) is 0.900. The summed E-state index contributed by atoms with van der Waals surface area (Å²) in [6, 6.07) is 0.243. The monoisotopic (exact) mass is 355 g/mol. The van der Waals surface area contributed by atoms with Crippen molar-refractivity contribution in [2.75, 3.05) is 26.4 Å². The van der Waals surface area contributed by atoms with E-state index in [0.29, 0.717) is 37.8 Å². The molecule has 0 radical (unpaired) electrons. The maximum atomic E-state index is 12.0. The van der Waals surface area contributed by atoms with Gasteiger partial charge in [-0.25, -0.2) is 0 Å². The van der Waals surface area contributed by atoms with Crippen molar-refractivity contribution in [3.05, 3.63) is 0 Å². The van der Waals surface area contributed by atoms with Crippen molar-refractivity contribution in [3.63, 3.8) is 0 Å². The van der Waals surface area contributed by atoms with Crippen molar-refractivity contribution in [2.45, 2.75) is 78.2 Å². The Balaban J connectivity index is 1.95. The summed E-state index contributed by atoms with van der Waals surface area (Å²) in [6.45, 7) is 9.05. The van der Waals surface area contributed by atoms with E-state index in [1.54, 1.807) is 0 Å². The van der Waals surface area contributed by atoms with Crippen LogP contribution in [0.1, 0.15) is 72.1 Å². The molecule has 1 aliphatic rings. The van der Waals surface area contributed by atoms with E-state index in [2.05, 4.69) is 19.2 Å². The smallest absolute Gasteiger partial charge is 0.220 e. The van der Waals surface area contributed by atoms with Gasteiger partial charge in [-0.3, -0.25) is 9.59 Å². The predicted octanol–water partition coefficient (Wildman–Crippen LogP) is 3.50. The molecule has 0 unspecified atom stereocenters. The lowest BCUT2D eigenvalue weighted by Crippen LogP contribution is -2.38. The Hall–Kier alpha value is -0.940. The molecule has 5 nitrogen and oxygen atoms in total. The Morgan fingerprint density at radius 3 is 2.28 bits per heavy atom. The lowest BCUT2D eigenvalue weighted by Gasteiger charge is -2.28. The first-order valence-electron chi connectivity index (χ1n) is 10.0. The fourth-order valence-corrected chi connectivity index (χ4v) is 3.17. The van der Waals surface area contributed by atoms with Crippen LogP contribution >= 0.6 is 0 Å². The van der Waals surface area contributed by atoms with Crippen molar-refractivity contribution >= 4 is 11.7 Å². The standard InChI is InChI=1S/C20H37NO4/c1-4-19(22)17-8-10-18(11-9-17)21-20(23)7-5-12-24-13-6-14-25-15-16(2)3/h16-18H,4-15H2,1-3H3,(H,21,23). The molecule has 1 saturated carbocycles. The molecule has 0 spiro atoms. The van der Waals surface area contributed by atoms with Gasteiger partial charge in [-0.05, 0) is 44.4 Å². The highest BCUT2D eigenvalue weighted by molar-refractivity contribution is 5.80. The van der Waals surface area contributed by atoms with Crippen molar-refractivity contribution in [2.24, 2.45) is 11.8 Å². The molecule has 5 heteroatoms. The first kappa shape index (κ1) is 22.1. The van der Waals surface area contributed by atoms with Crippen LogP contribution in [0.2, 0.25) is 0 Å². The summed E-state index contributed by atoms with van der Waals surface area (Å²) >= 11 is 0. The van der Waals surface area contributed by atoms with E-state index in [4.69, 9.17) is 9.47 Å². The Labute approximate surface area is 153 Å². The zero-order valence-corrected chi connectivity index (χ0v) is 16.4. The van der Waals surface area contributed by atoms with Crippen LogP contribution in [0.25, 0.3) is 0 Å². The molecule has 0 aromatic heterocycles. The summed E-state index contributed by atoms with van der Waals surface area (Å²) in [6.07, 6.45) is 6.48. The van der Waals surface area contributed by atoms with Crippen molar-refractivity contribution in [1.82, 2.24) is 5.32 Å². The van der Waals surface area contributed by atoms with E-state index in [9.17, 15) is 9.59 Å². The second-order valence-corrected chi connectivity index (χ2v) is 7.47. The zero-order chi connectivity index (χ0) is 18.5. The number of ketones is 1. The first-order chi connectivity index (χ1) is 12.0. The van der Waals surface area contributed by atoms with Gasteiger partial charge in [0.2, 0.25) is 5.91 Å². The van der Waals surface area contributed by atoms with E-state index < -0.39 is 0 Å². The van der Waals surface area contributed by atoms with Crippen molar-refractivity contribution < 1.29 is 19.1 Å². The molecule has 0 aliphatic heterocycles. The fourth-order valence-electron chi connectivity index (χ4n) is 3.17. The summed E-state index contributed by atoms with van der Waals surface area (Å²) < 4.78 is 11.0. The third-order valence-corrected chi connectivity index (χ3v) is 4.62. The van der Waals surface area contributed by atoms with Crippen LogP contribution < -0.4 is 5.32 Å². The highest BCUT2D eigenvalue weighted by atomic mass is 16.5. The number of rotatable bonds is 13. The van der Waals surface area contributed by atoms with E-state index in [1.807, 2.05) is 6.92 Å². The number of amides is 1. The van der Waals surface area contributed by atoms with E-state index in [0.717, 1.165) is 51.7 Å². The van der Waals surface area contributed by atoms with Gasteiger partial charge in [-0.1, -0.05) is 20.8 Å². The Kier molecular flexibility index (Phi) is 11.7. The van der Waals surface area contributed by atoms with E-state index in [-0.39, 0.29) is 17.9 Å². The molecule has 1 N–H and O–H groups in total. The average Bonchev–Trinajstić information content (AvgIpc) is 2.60. The van der Waals surface area contributed by atoms with E-state index in [1.165, 1.54) is 0 Å². The molecule has 1 rings (SSSR count). The topological polar surface area (TPSA) is 64.6 Å².